The first-order valence-electron chi connectivity index (χ1n) is 11.5. The molecule has 34 heavy (non-hydrogen) atoms. The van der Waals surface area contributed by atoms with Gasteiger partial charge >= 0.3 is 6.18 Å². The van der Waals surface area contributed by atoms with Gasteiger partial charge in [-0.3, -0.25) is 9.69 Å². The Morgan fingerprint density at radius 1 is 1.15 bits per heavy atom. The third-order valence-electron chi connectivity index (χ3n) is 6.36. The number of rotatable bonds is 8. The summed E-state index contributed by atoms with van der Waals surface area (Å²) in [6.07, 6.45) is -3.19. The van der Waals surface area contributed by atoms with Gasteiger partial charge in [-0.25, -0.2) is 0 Å². The van der Waals surface area contributed by atoms with Crippen molar-refractivity contribution in [2.75, 3.05) is 19.9 Å². The van der Waals surface area contributed by atoms with Gasteiger partial charge in [0.15, 0.2) is 11.5 Å². The molecule has 2 heterocycles. The number of hydrogen-bond acceptors (Lipinski definition) is 5. The molecule has 0 aromatic heterocycles. The number of benzene rings is 2. The number of halogens is 3. The van der Waals surface area contributed by atoms with E-state index in [0.717, 1.165) is 17.4 Å². The first kappa shape index (κ1) is 24.3. The van der Waals surface area contributed by atoms with Gasteiger partial charge in [0.2, 0.25) is 12.7 Å². The quantitative estimate of drug-likeness (QED) is 0.607. The number of hydrogen-bond donors (Lipinski definition) is 2. The Labute approximate surface area is 197 Å². The number of nitrogens with one attached hydrogen (secondary N) is 2. The van der Waals surface area contributed by atoms with E-state index in [4.69, 9.17) is 9.47 Å². The molecule has 6 nitrogen and oxygen atoms in total. The van der Waals surface area contributed by atoms with E-state index >= 15 is 0 Å². The number of nitrogens with zero attached hydrogens (tertiary/aromatic N) is 1. The van der Waals surface area contributed by atoms with Crippen molar-refractivity contribution in [1.82, 2.24) is 15.5 Å². The SMILES string of the molecule is CC(C)N1C[C@H](NCc2ccccc2C(F)(F)F)C[C@H]1C(=O)NCCc1ccc2c(c1)OCO2. The van der Waals surface area contributed by atoms with Crippen molar-refractivity contribution < 1.29 is 27.4 Å². The molecule has 1 amide bonds. The van der Waals surface area contributed by atoms with Gasteiger partial charge in [0, 0.05) is 31.7 Å². The highest BCUT2D eigenvalue weighted by Crippen LogP contribution is 2.33. The molecular weight excluding hydrogens is 447 g/mol. The summed E-state index contributed by atoms with van der Waals surface area (Å²) in [4.78, 5) is 15.1. The molecule has 2 aromatic carbocycles. The van der Waals surface area contributed by atoms with Crippen molar-refractivity contribution in [3.05, 3.63) is 59.2 Å². The van der Waals surface area contributed by atoms with Gasteiger partial charge in [0.25, 0.3) is 0 Å². The lowest BCUT2D eigenvalue weighted by molar-refractivity contribution is -0.138. The lowest BCUT2D eigenvalue weighted by Crippen LogP contribution is -2.46. The number of carbonyl (C=O) groups is 1. The lowest BCUT2D eigenvalue weighted by Gasteiger charge is -2.27. The van der Waals surface area contributed by atoms with Gasteiger partial charge in [-0.2, -0.15) is 13.2 Å². The van der Waals surface area contributed by atoms with E-state index in [1.807, 2.05) is 32.0 Å². The highest BCUT2D eigenvalue weighted by atomic mass is 19.4. The van der Waals surface area contributed by atoms with E-state index in [2.05, 4.69) is 15.5 Å². The van der Waals surface area contributed by atoms with Gasteiger partial charge in [0.1, 0.15) is 0 Å². The molecule has 1 saturated heterocycles. The first-order chi connectivity index (χ1) is 16.2. The molecule has 2 atom stereocenters. The van der Waals surface area contributed by atoms with E-state index < -0.39 is 11.7 Å². The first-order valence-corrected chi connectivity index (χ1v) is 11.5. The molecule has 2 aromatic rings. The highest BCUT2D eigenvalue weighted by molar-refractivity contribution is 5.82. The number of fused-ring (bicyclic) bond motifs is 1. The van der Waals surface area contributed by atoms with Crippen LogP contribution in [0.1, 0.15) is 37.0 Å². The second-order valence-electron chi connectivity index (χ2n) is 9.00. The molecule has 184 valence electrons. The van der Waals surface area contributed by atoms with E-state index in [0.29, 0.717) is 31.7 Å². The normalized spacial score (nSPS) is 20.2. The fourth-order valence-corrected chi connectivity index (χ4v) is 4.59. The Morgan fingerprint density at radius 3 is 2.68 bits per heavy atom. The summed E-state index contributed by atoms with van der Waals surface area (Å²) in [7, 11) is 0. The van der Waals surface area contributed by atoms with E-state index in [-0.39, 0.29) is 42.9 Å². The zero-order valence-electron chi connectivity index (χ0n) is 19.3. The maximum atomic E-state index is 13.3. The van der Waals surface area contributed by atoms with Crippen LogP contribution in [0.5, 0.6) is 11.5 Å². The number of likely N-dealkylation sites (tertiary alicyclic amines) is 1. The van der Waals surface area contributed by atoms with Crippen LogP contribution in [0.4, 0.5) is 13.2 Å². The molecule has 9 heteroatoms. The van der Waals surface area contributed by atoms with Crippen molar-refractivity contribution >= 4 is 5.91 Å². The van der Waals surface area contributed by atoms with Crippen molar-refractivity contribution in [1.29, 1.82) is 0 Å². The zero-order valence-corrected chi connectivity index (χ0v) is 19.3. The van der Waals surface area contributed by atoms with Crippen molar-refractivity contribution in [3.63, 3.8) is 0 Å². The van der Waals surface area contributed by atoms with E-state index in [1.54, 1.807) is 6.07 Å². The lowest BCUT2D eigenvalue weighted by atomic mass is 10.1. The van der Waals surface area contributed by atoms with Crippen LogP contribution in [0.15, 0.2) is 42.5 Å². The Morgan fingerprint density at radius 2 is 1.91 bits per heavy atom. The van der Waals surface area contributed by atoms with Gasteiger partial charge < -0.3 is 20.1 Å². The van der Waals surface area contributed by atoms with Crippen LogP contribution in [0.2, 0.25) is 0 Å². The molecule has 0 saturated carbocycles. The molecule has 0 unspecified atom stereocenters. The van der Waals surface area contributed by atoms with Crippen molar-refractivity contribution in [3.8, 4) is 11.5 Å². The molecule has 0 aliphatic carbocycles. The van der Waals surface area contributed by atoms with E-state index in [1.165, 1.54) is 12.1 Å². The topological polar surface area (TPSA) is 62.8 Å². The third-order valence-corrected chi connectivity index (χ3v) is 6.36. The van der Waals surface area contributed by atoms with Crippen molar-refractivity contribution in [2.24, 2.45) is 0 Å². The average molecular weight is 478 g/mol. The molecule has 0 spiro atoms. The number of ether oxygens (including phenoxy) is 2. The second kappa shape index (κ2) is 10.2. The number of amides is 1. The predicted molar refractivity (Wildman–Crippen MR) is 122 cm³/mol. The summed E-state index contributed by atoms with van der Waals surface area (Å²) < 4.78 is 50.6. The van der Waals surface area contributed by atoms with Gasteiger partial charge in [-0.1, -0.05) is 24.3 Å². The Bertz CT molecular complexity index is 1010. The molecule has 0 radical (unpaired) electrons. The molecule has 2 N–H and O–H groups in total. The van der Waals surface area contributed by atoms with Crippen molar-refractivity contribution in [2.45, 2.75) is 57.5 Å². The van der Waals surface area contributed by atoms with E-state index in [9.17, 15) is 18.0 Å². The van der Waals surface area contributed by atoms with Crippen LogP contribution in [0, 0.1) is 0 Å². The molecule has 4 rings (SSSR count). The Balaban J connectivity index is 1.31. The maximum Gasteiger partial charge on any atom is 0.416 e. The van der Waals surface area contributed by atoms with Crippen LogP contribution in [-0.2, 0) is 23.9 Å². The summed E-state index contributed by atoms with van der Waals surface area (Å²) in [5.74, 6) is 1.38. The molecule has 2 aliphatic heterocycles. The number of carbonyl (C=O) groups excluding carboxylic acids is 1. The van der Waals surface area contributed by atoms with Crippen LogP contribution in [0.25, 0.3) is 0 Å². The van der Waals surface area contributed by atoms with Crippen LogP contribution >= 0.6 is 0 Å². The van der Waals surface area contributed by atoms with Crippen LogP contribution < -0.4 is 20.1 Å². The van der Waals surface area contributed by atoms with Crippen LogP contribution in [-0.4, -0.2) is 48.8 Å². The monoisotopic (exact) mass is 477 g/mol. The fraction of sp³-hybridized carbons (Fsp3) is 0.480. The number of alkyl halides is 3. The third kappa shape index (κ3) is 5.64. The average Bonchev–Trinajstić information content (AvgIpc) is 3.44. The van der Waals surface area contributed by atoms with Crippen LogP contribution in [0.3, 0.4) is 0 Å². The predicted octanol–water partition coefficient (Wildman–Crippen LogP) is 3.73. The molecule has 1 fully saturated rings. The van der Waals surface area contributed by atoms with Gasteiger partial charge in [0.05, 0.1) is 11.6 Å². The molecule has 2 aliphatic rings. The summed E-state index contributed by atoms with van der Waals surface area (Å²) in [5, 5.41) is 6.26. The van der Waals surface area contributed by atoms with Gasteiger partial charge in [-0.05, 0) is 56.0 Å². The minimum atomic E-state index is -4.39. The largest absolute Gasteiger partial charge is 0.454 e. The minimum Gasteiger partial charge on any atom is -0.454 e. The Hall–Kier alpha value is -2.78. The Kier molecular flexibility index (Phi) is 7.33. The van der Waals surface area contributed by atoms with Gasteiger partial charge in [-0.15, -0.1) is 0 Å². The summed E-state index contributed by atoms with van der Waals surface area (Å²) in [6.45, 7) is 5.45. The summed E-state index contributed by atoms with van der Waals surface area (Å²) in [6, 6.07) is 11.1. The molecular formula is C25H30F3N3O3. The summed E-state index contributed by atoms with van der Waals surface area (Å²) in [5.41, 5.74) is 0.626. The fourth-order valence-electron chi connectivity index (χ4n) is 4.59. The minimum absolute atomic E-state index is 0.0607. The smallest absolute Gasteiger partial charge is 0.416 e. The summed E-state index contributed by atoms with van der Waals surface area (Å²) >= 11 is 0. The second-order valence-corrected chi connectivity index (χ2v) is 9.00. The maximum absolute atomic E-state index is 13.3. The zero-order chi connectivity index (χ0) is 24.3. The standard InChI is InChI=1S/C25H30F3N3O3/c1-16(2)31-14-19(30-13-18-5-3-4-6-20(18)25(26,27)28)12-21(31)24(32)29-10-9-17-7-8-22-23(11-17)34-15-33-22/h3-8,11,16,19,21,30H,9-10,12-15H2,1-2H3,(H,29,32)/t19-,21+/m1/s1. The highest BCUT2D eigenvalue weighted by Gasteiger charge is 2.38. The molecule has 0 bridgehead atoms.